The molecular formula is C19H14NO6S2-. The van der Waals surface area contributed by atoms with Gasteiger partial charge in [0.05, 0.1) is 28.2 Å². The van der Waals surface area contributed by atoms with Gasteiger partial charge in [0.2, 0.25) is 0 Å². The fourth-order valence-corrected chi connectivity index (χ4v) is 4.40. The Balaban J connectivity index is 2.14. The molecule has 7 nitrogen and oxygen atoms in total. The molecule has 2 N–H and O–H groups in total. The minimum Gasteiger partial charge on any atom is -0.755 e. The van der Waals surface area contributed by atoms with Crippen molar-refractivity contribution in [3.63, 3.8) is 0 Å². The van der Waals surface area contributed by atoms with Crippen molar-refractivity contribution in [3.05, 3.63) is 70.6 Å². The standard InChI is InChI=1S/C19H15NO6S2/c1-11-4-2-3-5-14(11)20(28(25)26)15-10-16(27-17(15)19(23)24)12-6-8-13(9-7-12)18(21)22/h2-10H,1H3,(H,21,22)(H,23,24)(H,25,26)/p-1. The maximum Gasteiger partial charge on any atom is 0.348 e. The van der Waals surface area contributed by atoms with E-state index in [1.54, 1.807) is 43.3 Å². The number of thiophene rings is 1. The first-order valence-electron chi connectivity index (χ1n) is 7.95. The van der Waals surface area contributed by atoms with E-state index in [-0.39, 0.29) is 16.1 Å². The van der Waals surface area contributed by atoms with Gasteiger partial charge in [-0.2, -0.15) is 0 Å². The summed E-state index contributed by atoms with van der Waals surface area (Å²) in [5, 5.41) is 18.6. The molecule has 3 aromatic rings. The van der Waals surface area contributed by atoms with Gasteiger partial charge in [-0.1, -0.05) is 30.3 Å². The van der Waals surface area contributed by atoms with E-state index in [9.17, 15) is 23.5 Å². The van der Waals surface area contributed by atoms with Gasteiger partial charge in [-0.15, -0.1) is 11.3 Å². The Bertz CT molecular complexity index is 1070. The van der Waals surface area contributed by atoms with Crippen LogP contribution in [0.15, 0.2) is 54.6 Å². The van der Waals surface area contributed by atoms with Crippen LogP contribution in [-0.4, -0.2) is 30.9 Å². The molecule has 1 aromatic heterocycles. The van der Waals surface area contributed by atoms with Crippen LogP contribution in [0.4, 0.5) is 11.4 Å². The maximum absolute atomic E-state index is 12.0. The number of carboxylic acids is 2. The molecule has 0 aliphatic rings. The number of aromatic carboxylic acids is 2. The number of hydrogen-bond donors (Lipinski definition) is 2. The van der Waals surface area contributed by atoms with Crippen LogP contribution in [0.3, 0.4) is 0 Å². The van der Waals surface area contributed by atoms with E-state index in [1.165, 1.54) is 18.2 Å². The summed E-state index contributed by atoms with van der Waals surface area (Å²) in [6, 6.07) is 14.1. The number of rotatable bonds is 6. The Morgan fingerprint density at radius 2 is 1.64 bits per heavy atom. The minimum absolute atomic E-state index is 0.0254. The van der Waals surface area contributed by atoms with Crippen LogP contribution < -0.4 is 4.31 Å². The van der Waals surface area contributed by atoms with Gasteiger partial charge >= 0.3 is 11.9 Å². The average molecular weight is 416 g/mol. The molecule has 0 radical (unpaired) electrons. The van der Waals surface area contributed by atoms with Gasteiger partial charge in [0.25, 0.3) is 0 Å². The summed E-state index contributed by atoms with van der Waals surface area (Å²) in [4.78, 5) is 23.1. The molecular weight excluding hydrogens is 402 g/mol. The van der Waals surface area contributed by atoms with E-state index < -0.39 is 23.2 Å². The summed E-state index contributed by atoms with van der Waals surface area (Å²) in [5.41, 5.74) is 1.73. The highest BCUT2D eigenvalue weighted by atomic mass is 32.2. The molecule has 0 saturated heterocycles. The Hall–Kier alpha value is -3.01. The fourth-order valence-electron chi connectivity index (χ4n) is 2.69. The molecule has 2 aromatic carbocycles. The number of hydrogen-bond acceptors (Lipinski definition) is 5. The second-order valence-corrected chi connectivity index (χ2v) is 7.66. The SMILES string of the molecule is Cc1ccccc1N(c1cc(-c2ccc(C(=O)O)cc2)sc1C(=O)O)S(=O)[O-]. The first-order chi connectivity index (χ1) is 13.3. The quantitative estimate of drug-likeness (QED) is 0.585. The monoisotopic (exact) mass is 416 g/mol. The van der Waals surface area contributed by atoms with E-state index in [0.717, 1.165) is 15.6 Å². The van der Waals surface area contributed by atoms with Crippen molar-refractivity contribution in [2.75, 3.05) is 4.31 Å². The third kappa shape index (κ3) is 3.81. The maximum atomic E-state index is 12.0. The average Bonchev–Trinajstić information content (AvgIpc) is 3.08. The lowest BCUT2D eigenvalue weighted by atomic mass is 10.1. The molecule has 0 fully saturated rings. The molecule has 28 heavy (non-hydrogen) atoms. The van der Waals surface area contributed by atoms with Crippen LogP contribution in [0.2, 0.25) is 0 Å². The molecule has 3 rings (SSSR count). The molecule has 1 heterocycles. The van der Waals surface area contributed by atoms with Gasteiger partial charge in [-0.05, 0) is 42.3 Å². The second kappa shape index (κ2) is 7.93. The number of benzene rings is 2. The predicted molar refractivity (Wildman–Crippen MR) is 106 cm³/mol. The van der Waals surface area contributed by atoms with E-state index in [4.69, 9.17) is 5.11 Å². The summed E-state index contributed by atoms with van der Waals surface area (Å²) in [5.74, 6) is -2.32. The summed E-state index contributed by atoms with van der Waals surface area (Å²) < 4.78 is 24.9. The van der Waals surface area contributed by atoms with Crippen LogP contribution >= 0.6 is 11.3 Å². The largest absolute Gasteiger partial charge is 0.755 e. The van der Waals surface area contributed by atoms with Gasteiger partial charge in [0.1, 0.15) is 4.88 Å². The number of aryl methyl sites for hydroxylation is 1. The molecule has 1 atom stereocenters. The zero-order valence-corrected chi connectivity index (χ0v) is 16.1. The Morgan fingerprint density at radius 3 is 2.18 bits per heavy atom. The molecule has 0 spiro atoms. The van der Waals surface area contributed by atoms with Crippen molar-refractivity contribution in [2.24, 2.45) is 0 Å². The molecule has 0 bridgehead atoms. The van der Waals surface area contributed by atoms with Crippen LogP contribution in [0.5, 0.6) is 0 Å². The molecule has 0 aliphatic carbocycles. The Morgan fingerprint density at radius 1 is 1.00 bits per heavy atom. The molecule has 9 heteroatoms. The van der Waals surface area contributed by atoms with Crippen LogP contribution in [0.25, 0.3) is 10.4 Å². The number of carboxylic acid groups (broad SMARTS) is 2. The molecule has 144 valence electrons. The summed E-state index contributed by atoms with van der Waals surface area (Å²) in [7, 11) is 0. The van der Waals surface area contributed by atoms with Gasteiger partial charge in [-0.25, -0.2) is 9.59 Å². The third-order valence-corrected chi connectivity index (χ3v) is 5.88. The highest BCUT2D eigenvalue weighted by molar-refractivity contribution is 7.81. The van der Waals surface area contributed by atoms with E-state index in [0.29, 0.717) is 21.7 Å². The topological polar surface area (TPSA) is 118 Å². The number of nitrogens with zero attached hydrogens (tertiary/aromatic N) is 1. The van der Waals surface area contributed by atoms with Crippen molar-refractivity contribution in [3.8, 4) is 10.4 Å². The summed E-state index contributed by atoms with van der Waals surface area (Å²) >= 11 is -1.83. The van der Waals surface area contributed by atoms with Crippen molar-refractivity contribution in [1.29, 1.82) is 0 Å². The fraction of sp³-hybridized carbons (Fsp3) is 0.0526. The highest BCUT2D eigenvalue weighted by Gasteiger charge is 2.24. The number of carbonyl (C=O) groups is 2. The molecule has 1 unspecified atom stereocenters. The Kier molecular flexibility index (Phi) is 5.59. The van der Waals surface area contributed by atoms with Gasteiger partial charge in [0.15, 0.2) is 0 Å². The van der Waals surface area contributed by atoms with E-state index >= 15 is 0 Å². The van der Waals surface area contributed by atoms with Crippen LogP contribution in [-0.2, 0) is 11.3 Å². The predicted octanol–water partition coefficient (Wildman–Crippen LogP) is 4.05. The lowest BCUT2D eigenvalue weighted by Gasteiger charge is -2.27. The second-order valence-electron chi connectivity index (χ2n) is 5.81. The van der Waals surface area contributed by atoms with Crippen molar-refractivity contribution < 1.29 is 28.6 Å². The lowest BCUT2D eigenvalue weighted by molar-refractivity contribution is 0.0688. The Labute approximate surface area is 166 Å². The number of anilines is 2. The van der Waals surface area contributed by atoms with Gasteiger partial charge in [0, 0.05) is 4.88 Å². The van der Waals surface area contributed by atoms with Crippen LogP contribution in [0.1, 0.15) is 25.6 Å². The number of para-hydroxylation sites is 1. The van der Waals surface area contributed by atoms with Gasteiger partial charge in [-0.3, -0.25) is 8.51 Å². The van der Waals surface area contributed by atoms with Crippen LogP contribution in [0, 0.1) is 6.92 Å². The summed E-state index contributed by atoms with van der Waals surface area (Å²) in [6.07, 6.45) is 0. The van der Waals surface area contributed by atoms with E-state index in [2.05, 4.69) is 0 Å². The van der Waals surface area contributed by atoms with E-state index in [1.807, 2.05) is 0 Å². The zero-order valence-electron chi connectivity index (χ0n) is 14.5. The zero-order chi connectivity index (χ0) is 20.4. The molecule has 0 aliphatic heterocycles. The van der Waals surface area contributed by atoms with Crippen molar-refractivity contribution >= 4 is 45.9 Å². The first-order valence-corrected chi connectivity index (χ1v) is 9.80. The molecule has 0 amide bonds. The lowest BCUT2D eigenvalue weighted by Crippen LogP contribution is -2.21. The smallest absolute Gasteiger partial charge is 0.348 e. The van der Waals surface area contributed by atoms with Crippen molar-refractivity contribution in [2.45, 2.75) is 6.92 Å². The third-order valence-electron chi connectivity index (χ3n) is 4.03. The summed E-state index contributed by atoms with van der Waals surface area (Å²) in [6.45, 7) is 1.73. The van der Waals surface area contributed by atoms with Gasteiger partial charge < -0.3 is 14.8 Å². The van der Waals surface area contributed by atoms with Crippen molar-refractivity contribution in [1.82, 2.24) is 0 Å². The highest BCUT2D eigenvalue weighted by Crippen LogP contribution is 2.41. The molecule has 0 saturated carbocycles. The normalized spacial score (nSPS) is 11.8. The first kappa shape index (κ1) is 19.7. The minimum atomic E-state index is -2.75.